The third-order valence-corrected chi connectivity index (χ3v) is 3.69. The van der Waals surface area contributed by atoms with E-state index in [4.69, 9.17) is 5.11 Å². The number of piperazine rings is 1. The second-order valence-electron chi connectivity index (χ2n) is 4.97. The highest BCUT2D eigenvalue weighted by Gasteiger charge is 2.22. The SMILES string of the molecule is CC(c1ccc(O)cc1)N1CCN(CC(=O)O)CC1. The molecular formula is C14H20N2O3. The van der Waals surface area contributed by atoms with Crippen molar-refractivity contribution in [2.75, 3.05) is 32.7 Å². The molecule has 1 unspecified atom stereocenters. The predicted molar refractivity (Wildman–Crippen MR) is 72.2 cm³/mol. The molecule has 104 valence electrons. The Morgan fingerprint density at radius 2 is 1.79 bits per heavy atom. The highest BCUT2D eigenvalue weighted by molar-refractivity contribution is 5.69. The van der Waals surface area contributed by atoms with Crippen LogP contribution in [0, 0.1) is 0 Å². The molecular weight excluding hydrogens is 244 g/mol. The Morgan fingerprint density at radius 3 is 2.32 bits per heavy atom. The van der Waals surface area contributed by atoms with Gasteiger partial charge in [0, 0.05) is 32.2 Å². The molecule has 0 aliphatic carbocycles. The first-order chi connectivity index (χ1) is 9.06. The fraction of sp³-hybridized carbons (Fsp3) is 0.500. The summed E-state index contributed by atoms with van der Waals surface area (Å²) in [6, 6.07) is 7.55. The van der Waals surface area contributed by atoms with Gasteiger partial charge in [0.25, 0.3) is 0 Å². The Morgan fingerprint density at radius 1 is 1.21 bits per heavy atom. The number of aromatic hydroxyl groups is 1. The van der Waals surface area contributed by atoms with Gasteiger partial charge in [-0.1, -0.05) is 12.1 Å². The zero-order valence-electron chi connectivity index (χ0n) is 11.1. The summed E-state index contributed by atoms with van der Waals surface area (Å²) in [7, 11) is 0. The van der Waals surface area contributed by atoms with Crippen molar-refractivity contribution in [1.82, 2.24) is 9.80 Å². The number of phenols is 1. The van der Waals surface area contributed by atoms with Crippen LogP contribution in [0.1, 0.15) is 18.5 Å². The summed E-state index contributed by atoms with van der Waals surface area (Å²) in [5.74, 6) is -0.484. The third-order valence-electron chi connectivity index (χ3n) is 3.69. The quantitative estimate of drug-likeness (QED) is 0.854. The lowest BCUT2D eigenvalue weighted by Gasteiger charge is -2.37. The van der Waals surface area contributed by atoms with Crippen molar-refractivity contribution in [3.8, 4) is 5.75 Å². The topological polar surface area (TPSA) is 64.0 Å². The molecule has 5 heteroatoms. The van der Waals surface area contributed by atoms with E-state index < -0.39 is 5.97 Å². The van der Waals surface area contributed by atoms with E-state index in [0.717, 1.165) is 26.2 Å². The minimum atomic E-state index is -0.764. The number of nitrogens with zero attached hydrogens (tertiary/aromatic N) is 2. The highest BCUT2D eigenvalue weighted by atomic mass is 16.4. The lowest BCUT2D eigenvalue weighted by atomic mass is 10.1. The van der Waals surface area contributed by atoms with Crippen LogP contribution in [0.25, 0.3) is 0 Å². The average Bonchev–Trinajstić information content (AvgIpc) is 2.39. The van der Waals surface area contributed by atoms with Crippen molar-refractivity contribution >= 4 is 5.97 Å². The lowest BCUT2D eigenvalue weighted by Crippen LogP contribution is -2.48. The van der Waals surface area contributed by atoms with E-state index in [2.05, 4.69) is 11.8 Å². The van der Waals surface area contributed by atoms with Crippen molar-refractivity contribution in [3.05, 3.63) is 29.8 Å². The molecule has 19 heavy (non-hydrogen) atoms. The second-order valence-corrected chi connectivity index (χ2v) is 4.97. The molecule has 0 saturated carbocycles. The van der Waals surface area contributed by atoms with Crippen LogP contribution in [-0.2, 0) is 4.79 Å². The molecule has 1 aromatic carbocycles. The smallest absolute Gasteiger partial charge is 0.317 e. The van der Waals surface area contributed by atoms with Crippen LogP contribution in [0.15, 0.2) is 24.3 Å². The fourth-order valence-electron chi connectivity index (χ4n) is 2.46. The van der Waals surface area contributed by atoms with Crippen molar-refractivity contribution in [2.24, 2.45) is 0 Å². The normalized spacial score (nSPS) is 19.2. The van der Waals surface area contributed by atoms with Crippen molar-refractivity contribution in [1.29, 1.82) is 0 Å². The number of rotatable bonds is 4. The van der Waals surface area contributed by atoms with E-state index in [0.29, 0.717) is 0 Å². The maximum absolute atomic E-state index is 10.7. The standard InChI is InChI=1S/C14H20N2O3/c1-11(12-2-4-13(17)5-3-12)16-8-6-15(7-9-16)10-14(18)19/h2-5,11,17H,6-10H2,1H3,(H,18,19). The zero-order valence-corrected chi connectivity index (χ0v) is 11.1. The molecule has 5 nitrogen and oxygen atoms in total. The summed E-state index contributed by atoms with van der Waals surface area (Å²) >= 11 is 0. The van der Waals surface area contributed by atoms with Gasteiger partial charge in [0.15, 0.2) is 0 Å². The van der Waals surface area contributed by atoms with Crippen LogP contribution in [-0.4, -0.2) is 58.7 Å². The first kappa shape index (κ1) is 13.8. The number of carbonyl (C=O) groups is 1. The van der Waals surface area contributed by atoms with Crippen LogP contribution in [0.2, 0.25) is 0 Å². The average molecular weight is 264 g/mol. The van der Waals surface area contributed by atoms with Gasteiger partial charge in [-0.3, -0.25) is 14.6 Å². The molecule has 2 rings (SSSR count). The van der Waals surface area contributed by atoms with E-state index in [1.807, 2.05) is 17.0 Å². The molecule has 1 aromatic rings. The van der Waals surface area contributed by atoms with E-state index in [1.165, 1.54) is 5.56 Å². The maximum Gasteiger partial charge on any atom is 0.317 e. The van der Waals surface area contributed by atoms with Gasteiger partial charge >= 0.3 is 5.97 Å². The summed E-state index contributed by atoms with van der Waals surface area (Å²) in [6.07, 6.45) is 0. The fourth-order valence-corrected chi connectivity index (χ4v) is 2.46. The van der Waals surface area contributed by atoms with Crippen molar-refractivity contribution in [2.45, 2.75) is 13.0 Å². The van der Waals surface area contributed by atoms with Crippen molar-refractivity contribution < 1.29 is 15.0 Å². The Balaban J connectivity index is 1.90. The van der Waals surface area contributed by atoms with E-state index in [-0.39, 0.29) is 18.3 Å². The first-order valence-electron chi connectivity index (χ1n) is 6.53. The molecule has 2 N–H and O–H groups in total. The van der Waals surface area contributed by atoms with Crippen LogP contribution in [0.3, 0.4) is 0 Å². The monoisotopic (exact) mass is 264 g/mol. The summed E-state index contributed by atoms with van der Waals surface area (Å²) in [5.41, 5.74) is 1.17. The summed E-state index contributed by atoms with van der Waals surface area (Å²) in [6.45, 7) is 5.58. The highest BCUT2D eigenvalue weighted by Crippen LogP contribution is 2.23. The number of hydrogen-bond acceptors (Lipinski definition) is 4. The predicted octanol–water partition coefficient (Wildman–Crippen LogP) is 1.16. The molecule has 1 aliphatic heterocycles. The van der Waals surface area contributed by atoms with Gasteiger partial charge in [-0.25, -0.2) is 0 Å². The van der Waals surface area contributed by atoms with E-state index in [9.17, 15) is 9.90 Å². The minimum absolute atomic E-state index is 0.126. The molecule has 1 atom stereocenters. The van der Waals surface area contributed by atoms with Crippen LogP contribution >= 0.6 is 0 Å². The Labute approximate surface area is 113 Å². The molecule has 1 fully saturated rings. The summed E-state index contributed by atoms with van der Waals surface area (Å²) in [5, 5.41) is 18.1. The Kier molecular flexibility index (Phi) is 4.39. The number of carboxylic acid groups (broad SMARTS) is 1. The Bertz CT molecular complexity index is 425. The molecule has 0 spiro atoms. The molecule has 0 amide bonds. The minimum Gasteiger partial charge on any atom is -0.508 e. The second kappa shape index (κ2) is 6.04. The first-order valence-corrected chi connectivity index (χ1v) is 6.53. The molecule has 1 heterocycles. The van der Waals surface area contributed by atoms with Gasteiger partial charge in [0.1, 0.15) is 5.75 Å². The summed E-state index contributed by atoms with van der Waals surface area (Å²) in [4.78, 5) is 15.0. The van der Waals surface area contributed by atoms with Gasteiger partial charge in [0.05, 0.1) is 6.54 Å². The van der Waals surface area contributed by atoms with Gasteiger partial charge in [-0.15, -0.1) is 0 Å². The summed E-state index contributed by atoms with van der Waals surface area (Å²) < 4.78 is 0. The molecule has 0 aromatic heterocycles. The van der Waals surface area contributed by atoms with Gasteiger partial charge < -0.3 is 10.2 Å². The number of phenolic OH excluding ortho intramolecular Hbond substituents is 1. The van der Waals surface area contributed by atoms with E-state index in [1.54, 1.807) is 12.1 Å². The molecule has 1 saturated heterocycles. The van der Waals surface area contributed by atoms with Crippen LogP contribution in [0.5, 0.6) is 5.75 Å². The molecule has 0 radical (unpaired) electrons. The lowest BCUT2D eigenvalue weighted by molar-refractivity contribution is -0.138. The number of benzene rings is 1. The molecule has 1 aliphatic rings. The van der Waals surface area contributed by atoms with E-state index >= 15 is 0 Å². The zero-order chi connectivity index (χ0) is 13.8. The Hall–Kier alpha value is -1.59. The number of carboxylic acids is 1. The number of hydrogen-bond donors (Lipinski definition) is 2. The molecule has 0 bridgehead atoms. The van der Waals surface area contributed by atoms with Crippen molar-refractivity contribution in [3.63, 3.8) is 0 Å². The maximum atomic E-state index is 10.7. The largest absolute Gasteiger partial charge is 0.508 e. The van der Waals surface area contributed by atoms with Gasteiger partial charge in [0.2, 0.25) is 0 Å². The third kappa shape index (κ3) is 3.68. The number of aliphatic carboxylic acids is 1. The van der Waals surface area contributed by atoms with Crippen LogP contribution < -0.4 is 0 Å². The van der Waals surface area contributed by atoms with Crippen LogP contribution in [0.4, 0.5) is 0 Å². The van der Waals surface area contributed by atoms with Gasteiger partial charge in [-0.05, 0) is 24.6 Å². The van der Waals surface area contributed by atoms with Gasteiger partial charge in [-0.2, -0.15) is 0 Å².